The summed E-state index contributed by atoms with van der Waals surface area (Å²) in [5, 5.41) is 5.77. The second kappa shape index (κ2) is 8.21. The molecule has 2 aliphatic rings. The Morgan fingerprint density at radius 1 is 0.821 bits per heavy atom. The van der Waals surface area contributed by atoms with E-state index >= 15 is 0 Å². The van der Waals surface area contributed by atoms with E-state index in [0.29, 0.717) is 28.4 Å². The first kappa shape index (κ1) is 18.2. The number of para-hydroxylation sites is 1. The lowest BCUT2D eigenvalue weighted by atomic mass is 10.1. The zero-order valence-corrected chi connectivity index (χ0v) is 15.6. The van der Waals surface area contributed by atoms with Gasteiger partial charge < -0.3 is 25.0 Å². The maximum atomic E-state index is 12.6. The summed E-state index contributed by atoms with van der Waals surface area (Å²) in [5.41, 5.74) is 1.76. The number of fused-ring (bicyclic) bond motifs is 1. The molecule has 2 N–H and O–H groups in total. The van der Waals surface area contributed by atoms with Gasteiger partial charge in [0.25, 0.3) is 5.91 Å². The number of ether oxygens (including phenoxy) is 2. The lowest BCUT2D eigenvalue weighted by Crippen LogP contribution is -2.35. The van der Waals surface area contributed by atoms with Gasteiger partial charge in [-0.05, 0) is 49.2 Å². The van der Waals surface area contributed by atoms with Crippen molar-refractivity contribution in [1.82, 2.24) is 4.90 Å². The van der Waals surface area contributed by atoms with Crippen molar-refractivity contribution in [2.75, 3.05) is 30.5 Å². The number of nitrogens with one attached hydrogen (secondary N) is 2. The summed E-state index contributed by atoms with van der Waals surface area (Å²) in [6, 6.07) is 12.2. The molecule has 2 heterocycles. The Morgan fingerprint density at radius 2 is 1.50 bits per heavy atom. The smallest absolute Gasteiger partial charge is 0.321 e. The van der Waals surface area contributed by atoms with Crippen molar-refractivity contribution in [1.29, 1.82) is 0 Å². The molecule has 1 fully saturated rings. The van der Waals surface area contributed by atoms with E-state index in [9.17, 15) is 9.59 Å². The second-order valence-corrected chi connectivity index (χ2v) is 6.90. The average Bonchev–Trinajstić information content (AvgIpc) is 3.02. The van der Waals surface area contributed by atoms with Gasteiger partial charge in [0.05, 0.1) is 5.56 Å². The highest BCUT2D eigenvalue weighted by Crippen LogP contribution is 2.35. The molecule has 0 saturated carbocycles. The predicted octanol–water partition coefficient (Wildman–Crippen LogP) is 4.08. The van der Waals surface area contributed by atoms with Crippen molar-refractivity contribution in [3.8, 4) is 11.5 Å². The van der Waals surface area contributed by atoms with Gasteiger partial charge >= 0.3 is 6.03 Å². The van der Waals surface area contributed by atoms with Crippen molar-refractivity contribution >= 4 is 23.3 Å². The average molecular weight is 381 g/mol. The molecule has 0 spiro atoms. The van der Waals surface area contributed by atoms with E-state index in [1.54, 1.807) is 42.5 Å². The van der Waals surface area contributed by atoms with Crippen LogP contribution in [0.1, 0.15) is 36.0 Å². The van der Waals surface area contributed by atoms with Crippen LogP contribution in [-0.4, -0.2) is 36.7 Å². The van der Waals surface area contributed by atoms with Crippen LogP contribution in [0.3, 0.4) is 0 Å². The maximum absolute atomic E-state index is 12.6. The number of hydrogen-bond donors (Lipinski definition) is 2. The van der Waals surface area contributed by atoms with Crippen molar-refractivity contribution < 1.29 is 19.1 Å². The number of carbonyl (C=O) groups excluding carboxylic acids is 2. The van der Waals surface area contributed by atoms with E-state index in [2.05, 4.69) is 10.6 Å². The summed E-state index contributed by atoms with van der Waals surface area (Å²) in [5.74, 6) is 0.754. The van der Waals surface area contributed by atoms with Gasteiger partial charge in [0.15, 0.2) is 11.5 Å². The molecule has 0 atom stereocenters. The SMILES string of the molecule is O=C(Nc1ccc(NC(=O)N2CCCCCC2)cc1)c1cccc2c1OCO2. The van der Waals surface area contributed by atoms with Crippen LogP contribution in [0.2, 0.25) is 0 Å². The van der Waals surface area contributed by atoms with Gasteiger partial charge in [-0.1, -0.05) is 18.9 Å². The highest BCUT2D eigenvalue weighted by molar-refractivity contribution is 6.07. The molecule has 0 unspecified atom stereocenters. The molecular formula is C21H23N3O4. The molecule has 0 aromatic heterocycles. The van der Waals surface area contributed by atoms with Crippen molar-refractivity contribution in [2.45, 2.75) is 25.7 Å². The van der Waals surface area contributed by atoms with Crippen LogP contribution in [0, 0.1) is 0 Å². The lowest BCUT2D eigenvalue weighted by Gasteiger charge is -2.20. The van der Waals surface area contributed by atoms with Crippen molar-refractivity contribution in [2.24, 2.45) is 0 Å². The number of urea groups is 1. The van der Waals surface area contributed by atoms with Crippen LogP contribution >= 0.6 is 0 Å². The molecular weight excluding hydrogens is 358 g/mol. The zero-order chi connectivity index (χ0) is 19.3. The summed E-state index contributed by atoms with van der Waals surface area (Å²) in [4.78, 5) is 26.8. The Morgan fingerprint density at radius 3 is 2.21 bits per heavy atom. The first-order valence-corrected chi connectivity index (χ1v) is 9.57. The number of amides is 3. The number of anilines is 2. The van der Waals surface area contributed by atoms with Crippen LogP contribution < -0.4 is 20.1 Å². The lowest BCUT2D eigenvalue weighted by molar-refractivity contribution is 0.102. The molecule has 7 heteroatoms. The minimum absolute atomic E-state index is 0.0734. The summed E-state index contributed by atoms with van der Waals surface area (Å²) in [7, 11) is 0. The number of likely N-dealkylation sites (tertiary alicyclic amines) is 1. The Bertz CT molecular complexity index is 858. The van der Waals surface area contributed by atoms with Gasteiger partial charge in [0.1, 0.15) is 0 Å². The number of carbonyl (C=O) groups is 2. The Balaban J connectivity index is 1.37. The third kappa shape index (κ3) is 4.03. The molecule has 2 aromatic carbocycles. The van der Waals surface area contributed by atoms with E-state index in [4.69, 9.17) is 9.47 Å². The van der Waals surface area contributed by atoms with Gasteiger partial charge in [-0.15, -0.1) is 0 Å². The fourth-order valence-electron chi connectivity index (χ4n) is 3.42. The Hall–Kier alpha value is -3.22. The highest BCUT2D eigenvalue weighted by atomic mass is 16.7. The third-order valence-corrected chi connectivity index (χ3v) is 4.93. The fraction of sp³-hybridized carbons (Fsp3) is 0.333. The molecule has 3 amide bonds. The molecule has 1 saturated heterocycles. The van der Waals surface area contributed by atoms with Crippen molar-refractivity contribution in [3.05, 3.63) is 48.0 Å². The minimum atomic E-state index is -0.274. The third-order valence-electron chi connectivity index (χ3n) is 4.93. The van der Waals surface area contributed by atoms with Gasteiger partial charge in [-0.2, -0.15) is 0 Å². The summed E-state index contributed by atoms with van der Waals surface area (Å²) < 4.78 is 10.7. The summed E-state index contributed by atoms with van der Waals surface area (Å²) >= 11 is 0. The topological polar surface area (TPSA) is 79.9 Å². The molecule has 0 bridgehead atoms. The number of rotatable bonds is 3. The van der Waals surface area contributed by atoms with Gasteiger partial charge in [-0.25, -0.2) is 4.79 Å². The molecule has 7 nitrogen and oxygen atoms in total. The van der Waals surface area contributed by atoms with E-state index in [0.717, 1.165) is 25.9 Å². The zero-order valence-electron chi connectivity index (χ0n) is 15.6. The van der Waals surface area contributed by atoms with E-state index < -0.39 is 0 Å². The summed E-state index contributed by atoms with van der Waals surface area (Å²) in [6.45, 7) is 1.71. The van der Waals surface area contributed by atoms with Gasteiger partial charge in [0.2, 0.25) is 6.79 Å². The Kier molecular flexibility index (Phi) is 5.32. The first-order valence-electron chi connectivity index (χ1n) is 9.57. The van der Waals surface area contributed by atoms with E-state index in [-0.39, 0.29) is 18.7 Å². The van der Waals surface area contributed by atoms with Gasteiger partial charge in [0, 0.05) is 24.5 Å². The predicted molar refractivity (Wildman–Crippen MR) is 106 cm³/mol. The van der Waals surface area contributed by atoms with Crippen LogP contribution in [0.5, 0.6) is 11.5 Å². The molecule has 28 heavy (non-hydrogen) atoms. The van der Waals surface area contributed by atoms with Crippen LogP contribution in [0.4, 0.5) is 16.2 Å². The van der Waals surface area contributed by atoms with Crippen molar-refractivity contribution in [3.63, 3.8) is 0 Å². The highest BCUT2D eigenvalue weighted by Gasteiger charge is 2.22. The molecule has 4 rings (SSSR count). The molecule has 2 aromatic rings. The van der Waals surface area contributed by atoms with Crippen LogP contribution in [0.15, 0.2) is 42.5 Å². The largest absolute Gasteiger partial charge is 0.454 e. The van der Waals surface area contributed by atoms with Gasteiger partial charge in [-0.3, -0.25) is 4.79 Å². The molecule has 0 radical (unpaired) electrons. The first-order chi connectivity index (χ1) is 13.7. The van der Waals surface area contributed by atoms with Crippen LogP contribution in [-0.2, 0) is 0 Å². The Labute approximate surface area is 163 Å². The monoisotopic (exact) mass is 381 g/mol. The van der Waals surface area contributed by atoms with E-state index in [1.165, 1.54) is 12.8 Å². The number of benzene rings is 2. The number of nitrogens with zero attached hydrogens (tertiary/aromatic N) is 1. The molecule has 146 valence electrons. The van der Waals surface area contributed by atoms with Crippen LogP contribution in [0.25, 0.3) is 0 Å². The normalized spacial score (nSPS) is 15.6. The minimum Gasteiger partial charge on any atom is -0.454 e. The number of hydrogen-bond acceptors (Lipinski definition) is 4. The standard InChI is InChI=1S/C21H23N3O4/c25-20(17-6-5-7-18-19(17)28-14-27-18)22-15-8-10-16(11-9-15)23-21(26)24-12-3-1-2-4-13-24/h5-11H,1-4,12-14H2,(H,22,25)(H,23,26). The van der Waals surface area contributed by atoms with E-state index in [1.807, 2.05) is 4.90 Å². The summed E-state index contributed by atoms with van der Waals surface area (Å²) in [6.07, 6.45) is 4.46. The fourth-order valence-corrected chi connectivity index (χ4v) is 3.42. The second-order valence-electron chi connectivity index (χ2n) is 6.90. The molecule has 2 aliphatic heterocycles. The quantitative estimate of drug-likeness (QED) is 0.840. The maximum Gasteiger partial charge on any atom is 0.321 e. The molecule has 0 aliphatic carbocycles.